The standard InChI is InChI=1S/C11H15N2O6/c14-8-5-19-11(10(16)9(8)15)12-6-1-3-7(4-2-6)13(17)18/h1-4,8-12,14-17H,5H2/q-1/t8-,9-,10+,11-/m0/s1. The zero-order valence-corrected chi connectivity index (χ0v) is 9.88. The summed E-state index contributed by atoms with van der Waals surface area (Å²) in [6, 6.07) is 5.75. The highest BCUT2D eigenvalue weighted by atomic mass is 16.8. The SMILES string of the molecule is [O-]N(O)c1ccc(N[C@H]2OC[C@H](O)[C@H](O)[C@H]2O)cc1. The number of hydrogen-bond acceptors (Lipinski definition) is 8. The maximum atomic E-state index is 10.6. The minimum Gasteiger partial charge on any atom is -0.733 e. The van der Waals surface area contributed by atoms with Crippen molar-refractivity contribution in [3.05, 3.63) is 29.5 Å². The molecule has 106 valence electrons. The highest BCUT2D eigenvalue weighted by Crippen LogP contribution is 2.20. The third-order valence-corrected chi connectivity index (χ3v) is 2.90. The summed E-state index contributed by atoms with van der Waals surface area (Å²) in [4.78, 5) is 0. The zero-order chi connectivity index (χ0) is 14.0. The van der Waals surface area contributed by atoms with E-state index < -0.39 is 24.5 Å². The molecule has 8 heteroatoms. The van der Waals surface area contributed by atoms with Crippen molar-refractivity contribution in [2.45, 2.75) is 24.5 Å². The Morgan fingerprint density at radius 2 is 1.79 bits per heavy atom. The van der Waals surface area contributed by atoms with Gasteiger partial charge in [-0.05, 0) is 24.3 Å². The number of nitrogens with zero attached hydrogens (tertiary/aromatic N) is 1. The molecule has 1 aliphatic rings. The molecule has 2 rings (SSSR count). The number of benzene rings is 1. The predicted molar refractivity (Wildman–Crippen MR) is 65.5 cm³/mol. The van der Waals surface area contributed by atoms with E-state index in [0.29, 0.717) is 5.69 Å². The molecule has 0 bridgehead atoms. The maximum Gasteiger partial charge on any atom is 0.156 e. The largest absolute Gasteiger partial charge is 0.733 e. The molecule has 8 nitrogen and oxygen atoms in total. The summed E-state index contributed by atoms with van der Waals surface area (Å²) < 4.78 is 5.16. The second kappa shape index (κ2) is 5.70. The molecule has 1 saturated heterocycles. The van der Waals surface area contributed by atoms with Gasteiger partial charge in [-0.15, -0.1) is 0 Å². The molecule has 0 spiro atoms. The van der Waals surface area contributed by atoms with E-state index in [1.807, 2.05) is 0 Å². The molecule has 1 fully saturated rings. The lowest BCUT2D eigenvalue weighted by atomic mass is 10.0. The molecule has 4 atom stereocenters. The van der Waals surface area contributed by atoms with Crippen molar-refractivity contribution in [1.82, 2.24) is 0 Å². The van der Waals surface area contributed by atoms with Gasteiger partial charge in [-0.3, -0.25) is 5.21 Å². The van der Waals surface area contributed by atoms with Crippen LogP contribution in [0.4, 0.5) is 11.4 Å². The fourth-order valence-corrected chi connectivity index (χ4v) is 1.78. The molecular formula is C11H15N2O6-. The second-order valence-electron chi connectivity index (χ2n) is 4.27. The van der Waals surface area contributed by atoms with Crippen LogP contribution in [-0.2, 0) is 4.74 Å². The Morgan fingerprint density at radius 3 is 2.37 bits per heavy atom. The van der Waals surface area contributed by atoms with Gasteiger partial charge < -0.3 is 35.8 Å². The Kier molecular flexibility index (Phi) is 4.20. The van der Waals surface area contributed by atoms with Gasteiger partial charge in [-0.2, -0.15) is 0 Å². The molecule has 1 heterocycles. The molecule has 1 aromatic rings. The first-order chi connectivity index (χ1) is 8.99. The average molecular weight is 271 g/mol. The summed E-state index contributed by atoms with van der Waals surface area (Å²) in [5.41, 5.74) is 0.587. The van der Waals surface area contributed by atoms with E-state index in [0.717, 1.165) is 0 Å². The number of anilines is 2. The van der Waals surface area contributed by atoms with Gasteiger partial charge >= 0.3 is 0 Å². The Labute approximate surface area is 109 Å². The lowest BCUT2D eigenvalue weighted by Gasteiger charge is -2.36. The van der Waals surface area contributed by atoms with Crippen LogP contribution in [0.15, 0.2) is 24.3 Å². The Bertz CT molecular complexity index is 412. The molecular weight excluding hydrogens is 256 g/mol. The van der Waals surface area contributed by atoms with Crippen LogP contribution in [0.5, 0.6) is 0 Å². The van der Waals surface area contributed by atoms with Crippen molar-refractivity contribution >= 4 is 11.4 Å². The first kappa shape index (κ1) is 14.0. The topological polar surface area (TPSA) is 128 Å². The van der Waals surface area contributed by atoms with E-state index in [-0.39, 0.29) is 17.5 Å². The second-order valence-corrected chi connectivity index (χ2v) is 4.27. The summed E-state index contributed by atoms with van der Waals surface area (Å²) >= 11 is 0. The molecule has 0 unspecified atom stereocenters. The van der Waals surface area contributed by atoms with Crippen molar-refractivity contribution in [2.75, 3.05) is 17.2 Å². The number of rotatable bonds is 3. The number of nitrogens with one attached hydrogen (secondary N) is 1. The van der Waals surface area contributed by atoms with E-state index in [9.17, 15) is 20.5 Å². The van der Waals surface area contributed by atoms with Gasteiger partial charge in [-0.25, -0.2) is 0 Å². The van der Waals surface area contributed by atoms with E-state index >= 15 is 0 Å². The molecule has 0 saturated carbocycles. The quantitative estimate of drug-likeness (QED) is 0.453. The van der Waals surface area contributed by atoms with E-state index in [2.05, 4.69) is 5.32 Å². The molecule has 19 heavy (non-hydrogen) atoms. The monoisotopic (exact) mass is 271 g/mol. The Balaban J connectivity index is 2.01. The number of hydrogen-bond donors (Lipinski definition) is 5. The maximum absolute atomic E-state index is 10.6. The van der Waals surface area contributed by atoms with Crippen LogP contribution >= 0.6 is 0 Å². The van der Waals surface area contributed by atoms with Crippen LogP contribution in [0.2, 0.25) is 0 Å². The zero-order valence-electron chi connectivity index (χ0n) is 9.88. The van der Waals surface area contributed by atoms with Crippen molar-refractivity contribution in [1.29, 1.82) is 0 Å². The summed E-state index contributed by atoms with van der Waals surface area (Å²) in [5.74, 6) is 0. The van der Waals surface area contributed by atoms with Crippen molar-refractivity contribution in [2.24, 2.45) is 0 Å². The smallest absolute Gasteiger partial charge is 0.156 e. The third-order valence-electron chi connectivity index (χ3n) is 2.90. The van der Waals surface area contributed by atoms with E-state index in [1.54, 1.807) is 0 Å². The molecule has 5 N–H and O–H groups in total. The normalized spacial score (nSPS) is 31.0. The molecule has 1 aromatic carbocycles. The number of ether oxygens (including phenoxy) is 1. The number of aliphatic hydroxyl groups excluding tert-OH is 3. The minimum atomic E-state index is -1.29. The van der Waals surface area contributed by atoms with Crippen molar-refractivity contribution in [3.8, 4) is 0 Å². The van der Waals surface area contributed by atoms with Crippen LogP contribution in [0.1, 0.15) is 0 Å². The highest BCUT2D eigenvalue weighted by Gasteiger charge is 2.37. The molecule has 1 aliphatic heterocycles. The third kappa shape index (κ3) is 3.13. The lowest BCUT2D eigenvalue weighted by molar-refractivity contribution is -0.178. The number of aliphatic hydroxyl groups is 3. The lowest BCUT2D eigenvalue weighted by Crippen LogP contribution is -2.55. The summed E-state index contributed by atoms with van der Waals surface area (Å²) in [7, 11) is 0. The molecule has 0 aromatic heterocycles. The van der Waals surface area contributed by atoms with Gasteiger partial charge in [-0.1, -0.05) is 0 Å². The van der Waals surface area contributed by atoms with Crippen molar-refractivity contribution < 1.29 is 25.3 Å². The average Bonchev–Trinajstić information content (AvgIpc) is 2.40. The highest BCUT2D eigenvalue weighted by molar-refractivity contribution is 5.54. The molecule has 0 aliphatic carbocycles. The van der Waals surface area contributed by atoms with Gasteiger partial charge in [0.2, 0.25) is 0 Å². The van der Waals surface area contributed by atoms with Gasteiger partial charge in [0.25, 0.3) is 0 Å². The Morgan fingerprint density at radius 1 is 1.16 bits per heavy atom. The molecule has 0 amide bonds. The summed E-state index contributed by atoms with van der Waals surface area (Å²) in [6.07, 6.45) is -4.57. The Hall–Kier alpha value is -1.42. The van der Waals surface area contributed by atoms with E-state index in [4.69, 9.17) is 9.94 Å². The fourth-order valence-electron chi connectivity index (χ4n) is 1.78. The predicted octanol–water partition coefficient (Wildman–Crippen LogP) is -0.769. The van der Waals surface area contributed by atoms with Gasteiger partial charge in [0.15, 0.2) is 6.23 Å². The van der Waals surface area contributed by atoms with Gasteiger partial charge in [0.05, 0.1) is 12.3 Å². The van der Waals surface area contributed by atoms with Crippen LogP contribution in [0, 0.1) is 5.21 Å². The van der Waals surface area contributed by atoms with Crippen LogP contribution in [0.25, 0.3) is 0 Å². The first-order valence-electron chi connectivity index (χ1n) is 5.67. The minimum absolute atomic E-state index is 0.0612. The first-order valence-corrected chi connectivity index (χ1v) is 5.67. The van der Waals surface area contributed by atoms with Crippen LogP contribution in [-0.4, -0.2) is 51.7 Å². The summed E-state index contributed by atoms with van der Waals surface area (Å²) in [6.45, 7) is -0.0983. The van der Waals surface area contributed by atoms with Crippen molar-refractivity contribution in [3.63, 3.8) is 0 Å². The molecule has 0 radical (unpaired) electrons. The van der Waals surface area contributed by atoms with Gasteiger partial charge in [0.1, 0.15) is 18.3 Å². The summed E-state index contributed by atoms with van der Waals surface area (Å²) in [5, 5.41) is 50.3. The van der Waals surface area contributed by atoms with Gasteiger partial charge in [0, 0.05) is 5.69 Å². The fraction of sp³-hybridized carbons (Fsp3) is 0.455. The van der Waals surface area contributed by atoms with Crippen LogP contribution in [0.3, 0.4) is 0 Å². The van der Waals surface area contributed by atoms with Crippen LogP contribution < -0.4 is 10.5 Å². The van der Waals surface area contributed by atoms with E-state index in [1.165, 1.54) is 24.3 Å².